The summed E-state index contributed by atoms with van der Waals surface area (Å²) in [5.74, 6) is -0.878. The van der Waals surface area contributed by atoms with Gasteiger partial charge in [-0.25, -0.2) is 9.36 Å². The highest BCUT2D eigenvalue weighted by atomic mass is 31.2. The van der Waals surface area contributed by atoms with Crippen molar-refractivity contribution in [2.45, 2.75) is 12.4 Å². The fraction of sp³-hybridized carbons (Fsp3) is 0.136. The van der Waals surface area contributed by atoms with E-state index >= 15 is 0 Å². The van der Waals surface area contributed by atoms with Gasteiger partial charge in [0.1, 0.15) is 18.1 Å². The Kier molecular flexibility index (Phi) is 7.12. The molecule has 2 unspecified atom stereocenters. The molecular formula is C22H22NO6P. The summed E-state index contributed by atoms with van der Waals surface area (Å²) in [4.78, 5) is 23.2. The molecule has 0 aliphatic heterocycles. The minimum Gasteiger partial charge on any atom is -0.496 e. The number of hydrogen-bond donors (Lipinski definition) is 2. The maximum atomic E-state index is 13.2. The van der Waals surface area contributed by atoms with Crippen LogP contribution in [0.2, 0.25) is 0 Å². The van der Waals surface area contributed by atoms with Crippen LogP contribution in [-0.2, 0) is 15.9 Å². The molecule has 0 radical (unpaired) electrons. The summed E-state index contributed by atoms with van der Waals surface area (Å²) in [7, 11) is -2.99. The van der Waals surface area contributed by atoms with Gasteiger partial charge in [-0.15, -0.1) is 0 Å². The number of carbonyl (C=O) groups is 1. The van der Waals surface area contributed by atoms with Gasteiger partial charge in [-0.1, -0.05) is 66.7 Å². The highest BCUT2D eigenvalue weighted by Crippen LogP contribution is 2.56. The van der Waals surface area contributed by atoms with E-state index in [1.165, 1.54) is 7.11 Å². The Morgan fingerprint density at radius 2 is 1.57 bits per heavy atom. The lowest BCUT2D eigenvalue weighted by molar-refractivity contribution is 0.137. The Morgan fingerprint density at radius 1 is 0.967 bits per heavy atom. The number of hydrogen-bond acceptors (Lipinski definition) is 5. The molecule has 0 saturated carbocycles. The second kappa shape index (κ2) is 9.96. The molecule has 8 heteroatoms. The van der Waals surface area contributed by atoms with Crippen LogP contribution in [0, 0.1) is 0 Å². The number of carbonyl (C=O) groups excluding carboxylic acids is 1. The fourth-order valence-electron chi connectivity index (χ4n) is 2.79. The van der Waals surface area contributed by atoms with E-state index in [1.54, 1.807) is 66.7 Å². The number of rotatable bonds is 8. The third kappa shape index (κ3) is 5.63. The van der Waals surface area contributed by atoms with E-state index in [0.29, 0.717) is 11.3 Å². The van der Waals surface area contributed by atoms with Gasteiger partial charge in [-0.3, -0.25) is 0 Å². The van der Waals surface area contributed by atoms with E-state index in [-0.39, 0.29) is 12.4 Å². The van der Waals surface area contributed by atoms with Gasteiger partial charge in [0, 0.05) is 5.56 Å². The molecule has 0 aliphatic rings. The van der Waals surface area contributed by atoms with Crippen LogP contribution >= 0.6 is 7.60 Å². The molecule has 0 fully saturated rings. The lowest BCUT2D eigenvalue weighted by Crippen LogP contribution is -2.30. The van der Waals surface area contributed by atoms with Crippen molar-refractivity contribution >= 4 is 13.7 Å². The summed E-state index contributed by atoms with van der Waals surface area (Å²) in [6.07, 6.45) is -0.860. The van der Waals surface area contributed by atoms with Gasteiger partial charge < -0.3 is 24.2 Å². The SMILES string of the molecule is COc1ccccc1C(NC(=O)OCc1ccccc1)P(=O)(O)Oc1ccccc1. The lowest BCUT2D eigenvalue weighted by Gasteiger charge is -2.25. The molecule has 7 nitrogen and oxygen atoms in total. The predicted octanol–water partition coefficient (Wildman–Crippen LogP) is 4.88. The van der Waals surface area contributed by atoms with E-state index in [4.69, 9.17) is 14.0 Å². The van der Waals surface area contributed by atoms with E-state index < -0.39 is 19.5 Å². The number of alkyl carbamates (subject to hydrolysis) is 1. The first-order valence-corrected chi connectivity index (χ1v) is 10.8. The first-order chi connectivity index (χ1) is 14.5. The van der Waals surface area contributed by atoms with Crippen molar-refractivity contribution in [2.75, 3.05) is 7.11 Å². The Labute approximate surface area is 174 Å². The zero-order valence-electron chi connectivity index (χ0n) is 16.3. The number of methoxy groups -OCH3 is 1. The van der Waals surface area contributed by atoms with Crippen molar-refractivity contribution in [1.82, 2.24) is 5.32 Å². The van der Waals surface area contributed by atoms with Crippen molar-refractivity contribution in [3.8, 4) is 11.5 Å². The third-order valence-electron chi connectivity index (χ3n) is 4.21. The normalized spacial score (nSPS) is 13.5. The van der Waals surface area contributed by atoms with Crippen molar-refractivity contribution < 1.29 is 28.3 Å². The van der Waals surface area contributed by atoms with Crippen LogP contribution in [0.1, 0.15) is 16.9 Å². The first kappa shape index (κ1) is 21.4. The van der Waals surface area contributed by atoms with Gasteiger partial charge in [-0.05, 0) is 23.8 Å². The average Bonchev–Trinajstić information content (AvgIpc) is 2.77. The minimum atomic E-state index is -4.43. The molecule has 1 amide bonds. The maximum absolute atomic E-state index is 13.2. The van der Waals surface area contributed by atoms with Gasteiger partial charge in [0.05, 0.1) is 7.11 Å². The number of nitrogens with one attached hydrogen (secondary N) is 1. The Balaban J connectivity index is 1.83. The molecular weight excluding hydrogens is 405 g/mol. The molecule has 0 bridgehead atoms. The summed E-state index contributed by atoms with van der Waals surface area (Å²) >= 11 is 0. The van der Waals surface area contributed by atoms with Crippen molar-refractivity contribution in [1.29, 1.82) is 0 Å². The second-order valence-electron chi connectivity index (χ2n) is 6.32. The van der Waals surface area contributed by atoms with Crippen LogP contribution in [0.25, 0.3) is 0 Å². The highest BCUT2D eigenvalue weighted by molar-refractivity contribution is 7.53. The third-order valence-corrected chi connectivity index (χ3v) is 5.74. The molecule has 3 rings (SSSR count). The summed E-state index contributed by atoms with van der Waals surface area (Å²) in [6.45, 7) is 0.0145. The molecule has 0 heterocycles. The van der Waals surface area contributed by atoms with E-state index in [1.807, 2.05) is 18.2 Å². The van der Waals surface area contributed by atoms with E-state index in [2.05, 4.69) is 5.32 Å². The molecule has 3 aromatic rings. The average molecular weight is 427 g/mol. The van der Waals surface area contributed by atoms with Gasteiger partial charge in [0.25, 0.3) is 0 Å². The monoisotopic (exact) mass is 427 g/mol. The summed E-state index contributed by atoms with van der Waals surface area (Å²) in [5, 5.41) is 2.46. The highest BCUT2D eigenvalue weighted by Gasteiger charge is 2.39. The minimum absolute atomic E-state index is 0.0145. The van der Waals surface area contributed by atoms with Crippen molar-refractivity contribution in [3.63, 3.8) is 0 Å². The molecule has 0 spiro atoms. The van der Waals surface area contributed by atoms with Crippen LogP contribution < -0.4 is 14.6 Å². The summed E-state index contributed by atoms with van der Waals surface area (Å²) in [6, 6.07) is 23.9. The Bertz CT molecular complexity index is 1010. The maximum Gasteiger partial charge on any atom is 0.408 e. The Morgan fingerprint density at radius 3 is 2.23 bits per heavy atom. The topological polar surface area (TPSA) is 94.1 Å². The van der Waals surface area contributed by atoms with Crippen molar-refractivity contribution in [2.24, 2.45) is 0 Å². The second-order valence-corrected chi connectivity index (χ2v) is 8.15. The summed E-state index contributed by atoms with van der Waals surface area (Å²) < 4.78 is 29.1. The molecule has 30 heavy (non-hydrogen) atoms. The number of ether oxygens (including phenoxy) is 2. The fourth-order valence-corrected chi connectivity index (χ4v) is 4.15. The molecule has 156 valence electrons. The zero-order valence-corrected chi connectivity index (χ0v) is 17.2. The predicted molar refractivity (Wildman–Crippen MR) is 112 cm³/mol. The van der Waals surface area contributed by atoms with Crippen LogP contribution in [-0.4, -0.2) is 18.1 Å². The number of amides is 1. The van der Waals surface area contributed by atoms with Crippen LogP contribution in [0.5, 0.6) is 11.5 Å². The zero-order chi connectivity index (χ0) is 21.4. The standard InChI is InChI=1S/C22H22NO6P/c1-27-20-15-9-8-14-19(20)21(30(25,26)29-18-12-6-3-7-13-18)23-22(24)28-16-17-10-4-2-5-11-17/h2-15,21H,16H2,1H3,(H,23,24)(H,25,26). The quantitative estimate of drug-likeness (QED) is 0.498. The largest absolute Gasteiger partial charge is 0.496 e. The van der Waals surface area contributed by atoms with E-state index in [9.17, 15) is 14.3 Å². The van der Waals surface area contributed by atoms with Gasteiger partial charge in [0.15, 0.2) is 5.78 Å². The van der Waals surface area contributed by atoms with Gasteiger partial charge in [-0.2, -0.15) is 0 Å². The summed E-state index contributed by atoms with van der Waals surface area (Å²) in [5.41, 5.74) is 1.08. The van der Waals surface area contributed by atoms with Crippen molar-refractivity contribution in [3.05, 3.63) is 96.1 Å². The van der Waals surface area contributed by atoms with Gasteiger partial charge in [0.2, 0.25) is 0 Å². The lowest BCUT2D eigenvalue weighted by atomic mass is 10.2. The molecule has 0 saturated heterocycles. The molecule has 2 N–H and O–H groups in total. The van der Waals surface area contributed by atoms with Crippen LogP contribution in [0.3, 0.4) is 0 Å². The van der Waals surface area contributed by atoms with Crippen LogP contribution in [0.15, 0.2) is 84.9 Å². The molecule has 0 aliphatic carbocycles. The number of benzene rings is 3. The van der Waals surface area contributed by atoms with Gasteiger partial charge >= 0.3 is 13.7 Å². The molecule has 2 atom stereocenters. The smallest absolute Gasteiger partial charge is 0.408 e. The molecule has 3 aromatic carbocycles. The first-order valence-electron chi connectivity index (χ1n) is 9.17. The van der Waals surface area contributed by atoms with E-state index in [0.717, 1.165) is 5.56 Å². The Hall–Kier alpha value is -3.28. The number of para-hydroxylation sites is 2. The molecule has 0 aromatic heterocycles. The van der Waals surface area contributed by atoms with Crippen LogP contribution in [0.4, 0.5) is 4.79 Å².